The first kappa shape index (κ1) is 25.8. The highest BCUT2D eigenvalue weighted by molar-refractivity contribution is 14.0. The van der Waals surface area contributed by atoms with E-state index in [0.29, 0.717) is 24.6 Å². The molecule has 1 amide bonds. The Morgan fingerprint density at radius 3 is 2.57 bits per heavy atom. The van der Waals surface area contributed by atoms with E-state index in [1.165, 1.54) is 0 Å². The predicted octanol–water partition coefficient (Wildman–Crippen LogP) is 3.68. The van der Waals surface area contributed by atoms with Crippen molar-refractivity contribution in [3.05, 3.63) is 65.0 Å². The molecule has 2 aromatic carbocycles. The number of aryl methyl sites for hydroxylation is 1. The van der Waals surface area contributed by atoms with Crippen LogP contribution in [0.5, 0.6) is 0 Å². The number of anilines is 1. The van der Waals surface area contributed by atoms with Crippen LogP contribution in [0.2, 0.25) is 0 Å². The van der Waals surface area contributed by atoms with Crippen LogP contribution in [-0.2, 0) is 11.3 Å². The molecule has 2 rings (SSSR count). The van der Waals surface area contributed by atoms with E-state index in [-0.39, 0.29) is 41.7 Å². The van der Waals surface area contributed by atoms with Crippen molar-refractivity contribution < 1.29 is 9.18 Å². The molecule has 3 N–H and O–H groups in total. The second-order valence-electron chi connectivity index (χ2n) is 7.29. The summed E-state index contributed by atoms with van der Waals surface area (Å²) in [6.07, 6.45) is 0. The van der Waals surface area contributed by atoms with Crippen molar-refractivity contribution in [1.29, 1.82) is 0 Å². The van der Waals surface area contributed by atoms with Gasteiger partial charge in [-0.1, -0.05) is 24.3 Å². The average Bonchev–Trinajstić information content (AvgIpc) is 2.66. The first-order valence-corrected chi connectivity index (χ1v) is 9.55. The Balaban J connectivity index is 0.00000450. The molecule has 164 valence electrons. The number of hydrogen-bond acceptors (Lipinski definition) is 3. The van der Waals surface area contributed by atoms with E-state index in [2.05, 4.69) is 20.9 Å². The van der Waals surface area contributed by atoms with Crippen LogP contribution >= 0.6 is 24.0 Å². The lowest BCUT2D eigenvalue weighted by atomic mass is 10.1. The van der Waals surface area contributed by atoms with Crippen LogP contribution in [0.4, 0.5) is 10.1 Å². The van der Waals surface area contributed by atoms with Crippen molar-refractivity contribution >= 4 is 41.5 Å². The van der Waals surface area contributed by atoms with Crippen LogP contribution in [0.1, 0.15) is 29.7 Å². The Labute approximate surface area is 195 Å². The summed E-state index contributed by atoms with van der Waals surface area (Å²) in [5.74, 6) is 0.337. The van der Waals surface area contributed by atoms with E-state index >= 15 is 0 Å². The number of guanidine groups is 1. The monoisotopic (exact) mass is 527 g/mol. The fourth-order valence-electron chi connectivity index (χ4n) is 2.79. The zero-order chi connectivity index (χ0) is 21.4. The van der Waals surface area contributed by atoms with Crippen LogP contribution in [0.3, 0.4) is 0 Å². The molecule has 30 heavy (non-hydrogen) atoms. The molecule has 8 heteroatoms. The summed E-state index contributed by atoms with van der Waals surface area (Å²) in [4.78, 5) is 18.0. The van der Waals surface area contributed by atoms with Crippen LogP contribution in [0.15, 0.2) is 47.5 Å². The number of amides is 1. The molecular weight excluding hydrogens is 496 g/mol. The van der Waals surface area contributed by atoms with Crippen LogP contribution < -0.4 is 16.0 Å². The molecule has 1 atom stereocenters. The fraction of sp³-hybridized carbons (Fsp3) is 0.364. The van der Waals surface area contributed by atoms with Gasteiger partial charge in [-0.2, -0.15) is 0 Å². The van der Waals surface area contributed by atoms with Gasteiger partial charge in [0.15, 0.2) is 5.96 Å². The standard InChI is InChI=1S/C22H30FN5O.HI/c1-15-9-10-18(12-20(15)23)16(2)26-22(24-3)25-13-17-7-6-8-19(11-17)27-21(29)14-28(4)5;/h6-12,16H,13-14H2,1-5H3,(H,27,29)(H2,24,25,26);1H. The fourth-order valence-corrected chi connectivity index (χ4v) is 2.79. The van der Waals surface area contributed by atoms with Gasteiger partial charge in [0.05, 0.1) is 12.6 Å². The molecule has 1 unspecified atom stereocenters. The van der Waals surface area contributed by atoms with Gasteiger partial charge in [0.2, 0.25) is 5.91 Å². The number of nitrogens with one attached hydrogen (secondary N) is 3. The highest BCUT2D eigenvalue weighted by Crippen LogP contribution is 2.16. The molecule has 0 saturated carbocycles. The van der Waals surface area contributed by atoms with Crippen molar-refractivity contribution in [1.82, 2.24) is 15.5 Å². The molecule has 0 saturated heterocycles. The smallest absolute Gasteiger partial charge is 0.238 e. The molecule has 0 spiro atoms. The molecular formula is C22H31FIN5O. The summed E-state index contributed by atoms with van der Waals surface area (Å²) in [7, 11) is 5.39. The second-order valence-corrected chi connectivity index (χ2v) is 7.29. The summed E-state index contributed by atoms with van der Waals surface area (Å²) >= 11 is 0. The zero-order valence-electron chi connectivity index (χ0n) is 18.1. The minimum absolute atomic E-state index is 0. The van der Waals surface area contributed by atoms with Crippen molar-refractivity contribution in [2.45, 2.75) is 26.4 Å². The van der Waals surface area contributed by atoms with Gasteiger partial charge in [-0.25, -0.2) is 4.39 Å². The van der Waals surface area contributed by atoms with Crippen molar-refractivity contribution in [2.75, 3.05) is 33.0 Å². The third-order valence-corrected chi connectivity index (χ3v) is 4.40. The van der Waals surface area contributed by atoms with Gasteiger partial charge in [-0.05, 0) is 62.8 Å². The minimum Gasteiger partial charge on any atom is -0.352 e. The first-order chi connectivity index (χ1) is 13.8. The van der Waals surface area contributed by atoms with Gasteiger partial charge in [0.1, 0.15) is 5.82 Å². The van der Waals surface area contributed by atoms with Gasteiger partial charge in [0, 0.05) is 19.3 Å². The van der Waals surface area contributed by atoms with E-state index in [1.807, 2.05) is 56.3 Å². The zero-order valence-corrected chi connectivity index (χ0v) is 20.5. The van der Waals surface area contributed by atoms with E-state index < -0.39 is 0 Å². The Kier molecular flexibility index (Phi) is 10.8. The quantitative estimate of drug-likeness (QED) is 0.292. The number of benzene rings is 2. The Bertz CT molecular complexity index is 872. The van der Waals surface area contributed by atoms with Gasteiger partial charge in [-0.3, -0.25) is 9.79 Å². The number of carbonyl (C=O) groups excluding carboxylic acids is 1. The normalized spacial score (nSPS) is 12.2. The van der Waals surface area contributed by atoms with E-state index in [4.69, 9.17) is 0 Å². The van der Waals surface area contributed by atoms with E-state index in [0.717, 1.165) is 16.8 Å². The molecule has 0 aromatic heterocycles. The molecule has 0 aliphatic heterocycles. The summed E-state index contributed by atoms with van der Waals surface area (Å²) in [6.45, 7) is 4.56. The maximum Gasteiger partial charge on any atom is 0.238 e. The highest BCUT2D eigenvalue weighted by Gasteiger charge is 2.10. The number of rotatable bonds is 7. The molecule has 0 bridgehead atoms. The van der Waals surface area contributed by atoms with Gasteiger partial charge < -0.3 is 20.9 Å². The van der Waals surface area contributed by atoms with Crippen LogP contribution in [0, 0.1) is 12.7 Å². The Morgan fingerprint density at radius 2 is 1.93 bits per heavy atom. The lowest BCUT2D eigenvalue weighted by Gasteiger charge is -2.19. The third-order valence-electron chi connectivity index (χ3n) is 4.40. The average molecular weight is 527 g/mol. The SMILES string of the molecule is CN=C(NCc1cccc(NC(=O)CN(C)C)c1)NC(C)c1ccc(C)c(F)c1.I. The van der Waals surface area contributed by atoms with Crippen molar-refractivity contribution in [3.8, 4) is 0 Å². The van der Waals surface area contributed by atoms with E-state index in [9.17, 15) is 9.18 Å². The maximum atomic E-state index is 13.8. The maximum absolute atomic E-state index is 13.8. The Hall–Kier alpha value is -2.20. The Morgan fingerprint density at radius 1 is 1.20 bits per heavy atom. The number of hydrogen-bond donors (Lipinski definition) is 3. The van der Waals surface area contributed by atoms with Gasteiger partial charge in [0.25, 0.3) is 0 Å². The van der Waals surface area contributed by atoms with Gasteiger partial charge in [-0.15, -0.1) is 24.0 Å². The molecule has 0 radical (unpaired) electrons. The number of halogens is 2. The van der Waals surface area contributed by atoms with Crippen molar-refractivity contribution in [2.24, 2.45) is 4.99 Å². The largest absolute Gasteiger partial charge is 0.352 e. The summed E-state index contributed by atoms with van der Waals surface area (Å²) in [6, 6.07) is 12.8. The molecule has 0 fully saturated rings. The van der Waals surface area contributed by atoms with Crippen LogP contribution in [0.25, 0.3) is 0 Å². The first-order valence-electron chi connectivity index (χ1n) is 9.55. The summed E-state index contributed by atoms with van der Waals surface area (Å²) < 4.78 is 13.8. The predicted molar refractivity (Wildman–Crippen MR) is 132 cm³/mol. The lowest BCUT2D eigenvalue weighted by Crippen LogP contribution is -2.38. The number of carbonyl (C=O) groups is 1. The molecule has 0 heterocycles. The lowest BCUT2D eigenvalue weighted by molar-refractivity contribution is -0.116. The highest BCUT2D eigenvalue weighted by atomic mass is 127. The molecule has 0 aliphatic carbocycles. The van der Waals surface area contributed by atoms with Gasteiger partial charge >= 0.3 is 0 Å². The summed E-state index contributed by atoms with van der Waals surface area (Å²) in [5, 5.41) is 9.40. The van der Waals surface area contributed by atoms with Crippen molar-refractivity contribution in [3.63, 3.8) is 0 Å². The number of nitrogens with zero attached hydrogens (tertiary/aromatic N) is 2. The second kappa shape index (κ2) is 12.5. The number of likely N-dealkylation sites (N-methyl/N-ethyl adjacent to an activating group) is 1. The summed E-state index contributed by atoms with van der Waals surface area (Å²) in [5.41, 5.74) is 3.23. The third kappa shape index (κ3) is 8.27. The minimum atomic E-state index is -0.216. The molecule has 6 nitrogen and oxygen atoms in total. The van der Waals surface area contributed by atoms with Crippen LogP contribution in [-0.4, -0.2) is 44.5 Å². The molecule has 2 aromatic rings. The topological polar surface area (TPSA) is 68.8 Å². The number of aliphatic imine (C=N–C) groups is 1. The van der Waals surface area contributed by atoms with E-state index in [1.54, 1.807) is 26.1 Å². The molecule has 0 aliphatic rings.